The summed E-state index contributed by atoms with van der Waals surface area (Å²) in [6, 6.07) is 49.5. The van der Waals surface area contributed by atoms with E-state index in [4.69, 9.17) is 19.9 Å². The minimum Gasteiger partial charge on any atom is -0.233 e. The van der Waals surface area contributed by atoms with Gasteiger partial charge in [0.15, 0.2) is 11.6 Å². The number of fused-ring (bicyclic) bond motifs is 2. The highest BCUT2D eigenvalue weighted by molar-refractivity contribution is 5.90. The Morgan fingerprint density at radius 1 is 0.417 bits per heavy atom. The first-order chi connectivity index (χ1) is 23.6. The molecule has 226 valence electrons. The first kappa shape index (κ1) is 28.9. The van der Waals surface area contributed by atoms with Crippen LogP contribution in [0.5, 0.6) is 0 Å². The Morgan fingerprint density at radius 3 is 1.48 bits per heavy atom. The van der Waals surface area contributed by atoms with Gasteiger partial charge in [0.2, 0.25) is 0 Å². The molecule has 0 atom stereocenters. The van der Waals surface area contributed by atoms with E-state index >= 15 is 0 Å². The third kappa shape index (κ3) is 5.26. The number of para-hydroxylation sites is 2. The van der Waals surface area contributed by atoms with E-state index in [1.807, 2.05) is 74.5 Å². The van der Waals surface area contributed by atoms with Gasteiger partial charge < -0.3 is 0 Å². The second-order valence-corrected chi connectivity index (χ2v) is 11.9. The van der Waals surface area contributed by atoms with Gasteiger partial charge in [-0.1, -0.05) is 115 Å². The first-order valence-corrected chi connectivity index (χ1v) is 15.9. The average molecular weight is 616 g/mol. The highest BCUT2D eigenvalue weighted by Crippen LogP contribution is 2.38. The SMILES string of the molecule is Cc1nc(-c2ccc(-c3ccc(-c4ccc(-c5nc(C)c6ccccc6n5)cc4)c(-c4ccccc4C#N)c3)cc2)nc2ccccc12. The number of rotatable bonds is 5. The summed E-state index contributed by atoms with van der Waals surface area (Å²) in [6.07, 6.45) is 0. The second-order valence-electron chi connectivity index (χ2n) is 11.9. The lowest BCUT2D eigenvalue weighted by Crippen LogP contribution is -1.95. The molecule has 6 aromatic carbocycles. The Labute approximate surface area is 278 Å². The molecule has 0 aliphatic heterocycles. The quantitative estimate of drug-likeness (QED) is 0.193. The maximum absolute atomic E-state index is 10.0. The smallest absolute Gasteiger partial charge is 0.160 e. The molecule has 0 aliphatic rings. The number of hydrogen-bond acceptors (Lipinski definition) is 5. The fourth-order valence-electron chi connectivity index (χ4n) is 6.35. The Kier molecular flexibility index (Phi) is 7.24. The van der Waals surface area contributed by atoms with Crippen molar-refractivity contribution in [2.45, 2.75) is 13.8 Å². The zero-order chi connectivity index (χ0) is 32.6. The molecule has 0 saturated carbocycles. The van der Waals surface area contributed by atoms with Crippen LogP contribution in [-0.4, -0.2) is 19.9 Å². The molecule has 2 aromatic heterocycles. The topological polar surface area (TPSA) is 75.3 Å². The predicted molar refractivity (Wildman–Crippen MR) is 194 cm³/mol. The largest absolute Gasteiger partial charge is 0.233 e. The summed E-state index contributed by atoms with van der Waals surface area (Å²) in [4.78, 5) is 19.2. The van der Waals surface area contributed by atoms with Crippen molar-refractivity contribution in [3.05, 3.63) is 156 Å². The van der Waals surface area contributed by atoms with E-state index in [1.165, 1.54) is 0 Å². The maximum Gasteiger partial charge on any atom is 0.160 e. The van der Waals surface area contributed by atoms with Crippen LogP contribution in [-0.2, 0) is 0 Å². The summed E-state index contributed by atoms with van der Waals surface area (Å²) in [6.45, 7) is 4.05. The number of nitrogens with zero attached hydrogens (tertiary/aromatic N) is 5. The Morgan fingerprint density at radius 2 is 0.896 bits per heavy atom. The summed E-state index contributed by atoms with van der Waals surface area (Å²) in [7, 11) is 0. The molecule has 5 heteroatoms. The van der Waals surface area contributed by atoms with Crippen molar-refractivity contribution >= 4 is 21.8 Å². The van der Waals surface area contributed by atoms with Gasteiger partial charge in [0.25, 0.3) is 0 Å². The molecule has 2 heterocycles. The van der Waals surface area contributed by atoms with Crippen LogP contribution >= 0.6 is 0 Å². The summed E-state index contributed by atoms with van der Waals surface area (Å²) < 4.78 is 0. The minimum absolute atomic E-state index is 0.631. The molecule has 0 radical (unpaired) electrons. The molecule has 48 heavy (non-hydrogen) atoms. The molecule has 0 N–H and O–H groups in total. The van der Waals surface area contributed by atoms with Gasteiger partial charge >= 0.3 is 0 Å². The van der Waals surface area contributed by atoms with Gasteiger partial charge in [0.1, 0.15) is 0 Å². The summed E-state index contributed by atoms with van der Waals surface area (Å²) >= 11 is 0. The standard InChI is InChI=1S/C43H29N5/c1-27-35-10-5-7-13-40(35)47-42(45-27)31-19-15-29(16-20-31)33-23-24-38(39(25-33)37-12-4-3-9-34(37)26-44)30-17-21-32(22-18-30)43-46-28(2)36-11-6-8-14-41(36)48-43/h3-25H,1-2H3. The molecule has 5 nitrogen and oxygen atoms in total. The van der Waals surface area contributed by atoms with Crippen LogP contribution in [0, 0.1) is 25.2 Å². The van der Waals surface area contributed by atoms with Crippen molar-refractivity contribution in [2.75, 3.05) is 0 Å². The van der Waals surface area contributed by atoms with E-state index in [-0.39, 0.29) is 0 Å². The fourth-order valence-corrected chi connectivity index (χ4v) is 6.35. The Bertz CT molecular complexity index is 2530. The van der Waals surface area contributed by atoms with Gasteiger partial charge in [0.05, 0.1) is 22.7 Å². The molecule has 0 saturated heterocycles. The van der Waals surface area contributed by atoms with E-state index < -0.39 is 0 Å². The molecule has 0 amide bonds. The number of hydrogen-bond donors (Lipinski definition) is 0. The molecular formula is C43H29N5. The number of aromatic nitrogens is 4. The number of benzene rings is 6. The van der Waals surface area contributed by atoms with Crippen LogP contribution in [0.2, 0.25) is 0 Å². The zero-order valence-corrected chi connectivity index (χ0v) is 26.5. The molecule has 0 fully saturated rings. The fraction of sp³-hybridized carbons (Fsp3) is 0.0465. The van der Waals surface area contributed by atoms with Crippen molar-refractivity contribution in [2.24, 2.45) is 0 Å². The third-order valence-electron chi connectivity index (χ3n) is 8.88. The molecule has 0 spiro atoms. The van der Waals surface area contributed by atoms with Gasteiger partial charge in [-0.05, 0) is 65.9 Å². The normalized spacial score (nSPS) is 11.1. The number of nitriles is 1. The van der Waals surface area contributed by atoms with E-state index in [1.54, 1.807) is 0 Å². The minimum atomic E-state index is 0.631. The summed E-state index contributed by atoms with van der Waals surface area (Å²) in [5.74, 6) is 1.42. The number of aryl methyl sites for hydroxylation is 2. The van der Waals surface area contributed by atoms with Crippen LogP contribution in [0.1, 0.15) is 17.0 Å². The van der Waals surface area contributed by atoms with Crippen molar-refractivity contribution < 1.29 is 0 Å². The highest BCUT2D eigenvalue weighted by atomic mass is 14.9. The van der Waals surface area contributed by atoms with E-state index in [0.29, 0.717) is 17.2 Å². The van der Waals surface area contributed by atoms with Crippen molar-refractivity contribution in [3.8, 4) is 62.2 Å². The van der Waals surface area contributed by atoms with Crippen LogP contribution in [0.4, 0.5) is 0 Å². The zero-order valence-electron chi connectivity index (χ0n) is 26.5. The van der Waals surface area contributed by atoms with Gasteiger partial charge in [-0.3, -0.25) is 0 Å². The molecule has 8 rings (SSSR count). The van der Waals surface area contributed by atoms with E-state index in [2.05, 4.69) is 84.9 Å². The lowest BCUT2D eigenvalue weighted by atomic mass is 9.89. The van der Waals surface area contributed by atoms with Gasteiger partial charge in [0, 0.05) is 38.9 Å². The maximum atomic E-state index is 10.0. The van der Waals surface area contributed by atoms with E-state index in [0.717, 1.165) is 77.7 Å². The van der Waals surface area contributed by atoms with Crippen molar-refractivity contribution in [1.29, 1.82) is 5.26 Å². The van der Waals surface area contributed by atoms with Gasteiger partial charge in [-0.2, -0.15) is 5.26 Å². The van der Waals surface area contributed by atoms with E-state index in [9.17, 15) is 5.26 Å². The van der Waals surface area contributed by atoms with Crippen molar-refractivity contribution in [3.63, 3.8) is 0 Å². The predicted octanol–water partition coefficient (Wildman–Crippen LogP) is 10.4. The summed E-state index contributed by atoms with van der Waals surface area (Å²) in [5, 5.41) is 12.2. The molecule has 8 aromatic rings. The van der Waals surface area contributed by atoms with Crippen LogP contribution < -0.4 is 0 Å². The van der Waals surface area contributed by atoms with Crippen LogP contribution in [0.25, 0.3) is 78.0 Å². The lowest BCUT2D eigenvalue weighted by Gasteiger charge is -2.15. The second kappa shape index (κ2) is 12.0. The molecule has 0 aliphatic carbocycles. The molecule has 0 unspecified atom stereocenters. The monoisotopic (exact) mass is 615 g/mol. The highest BCUT2D eigenvalue weighted by Gasteiger charge is 2.15. The summed E-state index contributed by atoms with van der Waals surface area (Å²) in [5.41, 5.74) is 12.4. The Hall–Kier alpha value is -6.51. The van der Waals surface area contributed by atoms with Crippen LogP contribution in [0.15, 0.2) is 140 Å². The third-order valence-corrected chi connectivity index (χ3v) is 8.88. The molecule has 0 bridgehead atoms. The van der Waals surface area contributed by atoms with Crippen LogP contribution in [0.3, 0.4) is 0 Å². The first-order valence-electron chi connectivity index (χ1n) is 15.9. The lowest BCUT2D eigenvalue weighted by molar-refractivity contribution is 1.16. The van der Waals surface area contributed by atoms with Gasteiger partial charge in [-0.25, -0.2) is 19.9 Å². The Balaban J connectivity index is 1.18. The van der Waals surface area contributed by atoms with Gasteiger partial charge in [-0.15, -0.1) is 0 Å². The van der Waals surface area contributed by atoms with Crippen molar-refractivity contribution in [1.82, 2.24) is 19.9 Å². The molecular weight excluding hydrogens is 587 g/mol. The average Bonchev–Trinajstić information content (AvgIpc) is 3.15.